The minimum Gasteiger partial charge on any atom is -0.496 e. The fourth-order valence-electron chi connectivity index (χ4n) is 4.51. The third-order valence-corrected chi connectivity index (χ3v) is 6.26. The summed E-state index contributed by atoms with van der Waals surface area (Å²) in [5, 5.41) is 20.7. The van der Waals surface area contributed by atoms with Crippen LogP contribution in [0.5, 0.6) is 5.75 Å². The molecule has 0 spiro atoms. The first-order valence-corrected chi connectivity index (χ1v) is 10.8. The van der Waals surface area contributed by atoms with Crippen LogP contribution in [0.4, 0.5) is 10.6 Å². The van der Waals surface area contributed by atoms with Gasteiger partial charge < -0.3 is 24.6 Å². The first-order chi connectivity index (χ1) is 15.9. The number of aromatic nitrogens is 4. The number of carbonyl (C=O) groups is 2. The van der Waals surface area contributed by atoms with Gasteiger partial charge in [0.25, 0.3) is 5.91 Å². The van der Waals surface area contributed by atoms with E-state index in [1.165, 1.54) is 12.0 Å². The molecule has 170 valence electrons. The molecule has 0 saturated heterocycles. The highest BCUT2D eigenvalue weighted by atomic mass is 16.5. The van der Waals surface area contributed by atoms with E-state index in [0.717, 1.165) is 29.8 Å². The zero-order chi connectivity index (χ0) is 23.1. The number of carboxylic acid groups (broad SMARTS) is 1. The molecule has 0 aliphatic carbocycles. The minimum absolute atomic E-state index is 0.235. The van der Waals surface area contributed by atoms with E-state index in [4.69, 9.17) is 4.74 Å². The Labute approximate surface area is 190 Å². The quantitative estimate of drug-likeness (QED) is 0.629. The number of hydrogen-bond acceptors (Lipinski definition) is 6. The van der Waals surface area contributed by atoms with Gasteiger partial charge in [-0.3, -0.25) is 4.79 Å². The molecule has 0 saturated carbocycles. The zero-order valence-corrected chi connectivity index (χ0v) is 18.4. The molecule has 2 amide bonds. The molecule has 2 aromatic heterocycles. The van der Waals surface area contributed by atoms with Crippen LogP contribution >= 0.6 is 0 Å². The van der Waals surface area contributed by atoms with Crippen LogP contribution < -0.4 is 10.1 Å². The highest BCUT2D eigenvalue weighted by Crippen LogP contribution is 2.31. The van der Waals surface area contributed by atoms with Crippen molar-refractivity contribution in [2.24, 2.45) is 0 Å². The second-order valence-corrected chi connectivity index (χ2v) is 8.34. The molecule has 0 bridgehead atoms. The Hall–Kier alpha value is -3.95. The first-order valence-electron chi connectivity index (χ1n) is 10.8. The van der Waals surface area contributed by atoms with Crippen LogP contribution in [0.3, 0.4) is 0 Å². The van der Waals surface area contributed by atoms with Crippen molar-refractivity contribution >= 4 is 17.8 Å². The Morgan fingerprint density at radius 3 is 2.82 bits per heavy atom. The van der Waals surface area contributed by atoms with E-state index < -0.39 is 6.09 Å². The number of nitrogens with one attached hydrogen (secondary N) is 1. The van der Waals surface area contributed by atoms with Crippen molar-refractivity contribution in [1.82, 2.24) is 24.6 Å². The summed E-state index contributed by atoms with van der Waals surface area (Å²) in [7, 11) is 1.51. The maximum absolute atomic E-state index is 13.1. The van der Waals surface area contributed by atoms with E-state index in [2.05, 4.69) is 32.0 Å². The van der Waals surface area contributed by atoms with Crippen LogP contribution in [0.1, 0.15) is 46.7 Å². The molecule has 10 heteroatoms. The highest BCUT2D eigenvalue weighted by Gasteiger charge is 2.26. The van der Waals surface area contributed by atoms with Gasteiger partial charge in [-0.2, -0.15) is 0 Å². The van der Waals surface area contributed by atoms with E-state index in [1.807, 2.05) is 18.2 Å². The summed E-state index contributed by atoms with van der Waals surface area (Å²) >= 11 is 0. The lowest BCUT2D eigenvalue weighted by Gasteiger charge is -2.27. The van der Waals surface area contributed by atoms with Crippen LogP contribution in [-0.2, 0) is 19.4 Å². The number of pyridine rings is 1. The number of rotatable bonds is 4. The molecule has 2 aliphatic rings. The van der Waals surface area contributed by atoms with Crippen molar-refractivity contribution in [3.8, 4) is 17.3 Å². The number of benzene rings is 1. The van der Waals surface area contributed by atoms with E-state index in [0.29, 0.717) is 47.7 Å². The number of nitrogens with zero attached hydrogens (tertiary/aromatic N) is 5. The second-order valence-electron chi connectivity index (χ2n) is 8.34. The summed E-state index contributed by atoms with van der Waals surface area (Å²) in [5.74, 6) is 2.07. The van der Waals surface area contributed by atoms with Crippen LogP contribution in [0.25, 0.3) is 11.5 Å². The van der Waals surface area contributed by atoms with Crippen molar-refractivity contribution in [1.29, 1.82) is 0 Å². The number of aryl methyl sites for hydroxylation is 1. The van der Waals surface area contributed by atoms with E-state index in [-0.39, 0.29) is 12.5 Å². The highest BCUT2D eigenvalue weighted by molar-refractivity contribution is 6.06. The average molecular weight is 448 g/mol. The number of carbonyl (C=O) groups excluding carboxylic acids is 1. The lowest BCUT2D eigenvalue weighted by atomic mass is 9.96. The van der Waals surface area contributed by atoms with Gasteiger partial charge in [-0.1, -0.05) is 6.07 Å². The number of amides is 2. The molecule has 2 aliphatic heterocycles. The van der Waals surface area contributed by atoms with Gasteiger partial charge in [0, 0.05) is 25.6 Å². The molecule has 0 fully saturated rings. The number of anilines is 1. The summed E-state index contributed by atoms with van der Waals surface area (Å²) in [5.41, 5.74) is 2.74. The summed E-state index contributed by atoms with van der Waals surface area (Å²) in [4.78, 5) is 30.4. The summed E-state index contributed by atoms with van der Waals surface area (Å²) in [6, 6.07) is 9.19. The molecule has 1 aromatic carbocycles. The van der Waals surface area contributed by atoms with Crippen LogP contribution in [0.15, 0.2) is 30.3 Å². The van der Waals surface area contributed by atoms with Gasteiger partial charge in [-0.15, -0.1) is 10.2 Å². The molecule has 2 N–H and O–H groups in total. The summed E-state index contributed by atoms with van der Waals surface area (Å²) in [6.45, 7) is 2.78. The topological polar surface area (TPSA) is 122 Å². The predicted molar refractivity (Wildman–Crippen MR) is 119 cm³/mol. The average Bonchev–Trinajstić information content (AvgIpc) is 3.40. The zero-order valence-electron chi connectivity index (χ0n) is 18.4. The SMILES string of the molecule is COc1cc2c(cc1C(=O)Nc1cccc(-c3nnc4n3[C@@H](C)CC4)n1)CN(C(=O)O)CC2. The maximum atomic E-state index is 13.1. The van der Waals surface area contributed by atoms with Crippen LogP contribution in [0, 0.1) is 0 Å². The third-order valence-electron chi connectivity index (χ3n) is 6.26. The Morgan fingerprint density at radius 1 is 1.18 bits per heavy atom. The molecule has 0 unspecified atom stereocenters. The third kappa shape index (κ3) is 3.77. The largest absolute Gasteiger partial charge is 0.496 e. The van der Waals surface area contributed by atoms with Crippen molar-refractivity contribution in [2.45, 2.75) is 38.8 Å². The van der Waals surface area contributed by atoms with E-state index in [1.54, 1.807) is 12.1 Å². The van der Waals surface area contributed by atoms with Gasteiger partial charge >= 0.3 is 6.09 Å². The molecule has 33 heavy (non-hydrogen) atoms. The van der Waals surface area contributed by atoms with Gasteiger partial charge in [-0.25, -0.2) is 9.78 Å². The number of fused-ring (bicyclic) bond motifs is 2. The van der Waals surface area contributed by atoms with Gasteiger partial charge in [-0.05, 0) is 55.2 Å². The predicted octanol–water partition coefficient (Wildman–Crippen LogP) is 3.14. The Balaban J connectivity index is 1.42. The second kappa shape index (κ2) is 8.19. The van der Waals surface area contributed by atoms with Gasteiger partial charge in [0.1, 0.15) is 23.1 Å². The van der Waals surface area contributed by atoms with Crippen molar-refractivity contribution in [2.75, 3.05) is 19.0 Å². The molecule has 5 rings (SSSR count). The Morgan fingerprint density at radius 2 is 2.03 bits per heavy atom. The molecular formula is C23H24N6O4. The minimum atomic E-state index is -0.974. The normalized spacial score (nSPS) is 16.8. The van der Waals surface area contributed by atoms with Gasteiger partial charge in [0.2, 0.25) is 0 Å². The van der Waals surface area contributed by atoms with Crippen molar-refractivity contribution in [3.63, 3.8) is 0 Å². The van der Waals surface area contributed by atoms with Crippen LogP contribution in [0.2, 0.25) is 0 Å². The molecular weight excluding hydrogens is 424 g/mol. The van der Waals surface area contributed by atoms with Crippen molar-refractivity contribution < 1.29 is 19.4 Å². The number of ether oxygens (including phenoxy) is 1. The van der Waals surface area contributed by atoms with Gasteiger partial charge in [0.05, 0.1) is 12.7 Å². The molecule has 4 heterocycles. The maximum Gasteiger partial charge on any atom is 0.407 e. The van der Waals surface area contributed by atoms with Crippen LogP contribution in [-0.4, -0.2) is 55.4 Å². The van der Waals surface area contributed by atoms with E-state index >= 15 is 0 Å². The standard InChI is InChI=1S/C23H24N6O4/c1-13-6-7-20-26-27-21(29(13)20)17-4-3-5-19(24-17)25-22(30)16-10-15-12-28(23(31)32)9-8-14(15)11-18(16)33-2/h3-5,10-11,13H,6-9,12H2,1-2H3,(H,31,32)(H,24,25,30)/t13-/m0/s1. The fourth-order valence-corrected chi connectivity index (χ4v) is 4.51. The molecule has 0 radical (unpaired) electrons. The van der Waals surface area contributed by atoms with Crippen molar-refractivity contribution in [3.05, 3.63) is 52.8 Å². The molecule has 3 aromatic rings. The first kappa shape index (κ1) is 20.9. The molecule has 1 atom stereocenters. The lowest BCUT2D eigenvalue weighted by Crippen LogP contribution is -2.35. The number of hydrogen-bond donors (Lipinski definition) is 2. The summed E-state index contributed by atoms with van der Waals surface area (Å²) in [6.07, 6.45) is 1.51. The van der Waals surface area contributed by atoms with Gasteiger partial charge in [0.15, 0.2) is 5.82 Å². The number of methoxy groups -OCH3 is 1. The fraction of sp³-hybridized carbons (Fsp3) is 0.348. The smallest absolute Gasteiger partial charge is 0.407 e. The lowest BCUT2D eigenvalue weighted by molar-refractivity contribution is 0.102. The van der Waals surface area contributed by atoms with E-state index in [9.17, 15) is 14.7 Å². The monoisotopic (exact) mass is 448 g/mol. The molecule has 10 nitrogen and oxygen atoms in total. The summed E-state index contributed by atoms with van der Waals surface area (Å²) < 4.78 is 7.55. The Bertz CT molecular complexity index is 1250. The Kier molecular flexibility index (Phi) is 5.20.